The van der Waals surface area contributed by atoms with E-state index in [1.165, 1.54) is 0 Å². The maximum absolute atomic E-state index is 11.9. The first kappa shape index (κ1) is 21.5. The fraction of sp³-hybridized carbons (Fsp3) is 0.462. The number of rotatable bonds is 0. The summed E-state index contributed by atoms with van der Waals surface area (Å²) < 4.78 is 63.0. The number of hydrogen-bond donors (Lipinski definition) is 0. The predicted molar refractivity (Wildman–Crippen MR) is 93.7 cm³/mol. The first-order chi connectivity index (χ1) is 12.1. The van der Waals surface area contributed by atoms with E-state index in [0.717, 1.165) is 36.1 Å². The molecule has 3 rings (SSSR count). The number of aromatic nitrogens is 3. The fourth-order valence-electron chi connectivity index (χ4n) is 2.50. The molecule has 1 aromatic heterocycles. The molecule has 0 saturated carbocycles. The molecule has 2 heterocycles. The number of fused-ring (bicyclic) bond motifs is 1. The van der Waals surface area contributed by atoms with Crippen LogP contribution in [-0.2, 0) is 0 Å². The number of nitrogens with zero attached hydrogens (tertiary/aromatic N) is 5. The molecule has 1 aliphatic heterocycles. The molecular weight excluding hydrogens is 419 g/mol. The zero-order valence-corrected chi connectivity index (χ0v) is 16.1. The van der Waals surface area contributed by atoms with Gasteiger partial charge in [0.2, 0.25) is 11.0 Å². The van der Waals surface area contributed by atoms with Crippen LogP contribution in [0.3, 0.4) is 0 Å². The van der Waals surface area contributed by atoms with Gasteiger partial charge in [-0.15, -0.1) is 4.85 Å². The normalized spacial score (nSPS) is 17.6. The molecule has 1 saturated heterocycles. The number of hydrogen-bond acceptors (Lipinski definition) is 3. The van der Waals surface area contributed by atoms with Crippen molar-refractivity contribution in [3.63, 3.8) is 0 Å². The Labute approximate surface area is 154 Å². The van der Waals surface area contributed by atoms with Gasteiger partial charge < -0.3 is 5.21 Å². The summed E-state index contributed by atoms with van der Waals surface area (Å²) in [6.07, 6.45) is 0. The van der Waals surface area contributed by atoms with Gasteiger partial charge >= 0.3 is 38.9 Å². The van der Waals surface area contributed by atoms with Gasteiger partial charge in [-0.05, 0) is 16.8 Å². The minimum atomic E-state index is -10.7. The second-order valence-electron chi connectivity index (χ2n) is 5.92. The first-order valence-corrected chi connectivity index (χ1v) is 10.8. The molecule has 0 amide bonds. The number of halogens is 6. The van der Waals surface area contributed by atoms with E-state index in [1.54, 1.807) is 10.7 Å². The van der Waals surface area contributed by atoms with Crippen LogP contribution in [0.2, 0.25) is 0 Å². The van der Waals surface area contributed by atoms with Crippen LogP contribution in [0.4, 0.5) is 25.2 Å². The summed E-state index contributed by atoms with van der Waals surface area (Å²) in [5, 5.41) is 16.1. The summed E-state index contributed by atoms with van der Waals surface area (Å²) in [6, 6.07) is 7.51. The molecule has 1 aromatic carbocycles. The molecule has 14 heteroatoms. The van der Waals surface area contributed by atoms with Gasteiger partial charge in [0.15, 0.2) is 0 Å². The summed E-state index contributed by atoms with van der Waals surface area (Å²) in [6.45, 7) is 1.95. The second-order valence-corrected chi connectivity index (χ2v) is 9.06. The maximum atomic E-state index is 11.9. The van der Waals surface area contributed by atoms with Crippen LogP contribution in [-0.4, -0.2) is 64.0 Å². The third-order valence-corrected chi connectivity index (χ3v) is 4.31. The van der Waals surface area contributed by atoms with Crippen molar-refractivity contribution >= 4 is 36.6 Å². The molecule has 0 N–H and O–H groups in total. The molecule has 27 heavy (non-hydrogen) atoms. The molecule has 1 fully saturated rings. The molecule has 1 aliphatic rings. The molecular formula is C13H18F6N5OPS. The van der Waals surface area contributed by atoms with Crippen molar-refractivity contribution in [3.8, 4) is 0 Å². The first-order valence-electron chi connectivity index (χ1n) is 7.65. The van der Waals surface area contributed by atoms with E-state index in [9.17, 15) is 30.4 Å². The zero-order valence-electron chi connectivity index (χ0n) is 14.4. The van der Waals surface area contributed by atoms with Crippen molar-refractivity contribution in [1.29, 1.82) is 0 Å². The van der Waals surface area contributed by atoms with Crippen LogP contribution in [0.25, 0.3) is 11.0 Å². The molecule has 6 nitrogen and oxygen atoms in total. The number of thioether (sulfide) groups is 1. The minimum absolute atomic E-state index is 0.596. The van der Waals surface area contributed by atoms with Crippen molar-refractivity contribution in [2.45, 2.75) is 0 Å². The van der Waals surface area contributed by atoms with Gasteiger partial charge in [0.05, 0.1) is 27.2 Å². The van der Waals surface area contributed by atoms with Gasteiger partial charge in [-0.2, -0.15) is 11.8 Å². The van der Waals surface area contributed by atoms with Crippen LogP contribution in [0, 0.1) is 5.21 Å². The van der Waals surface area contributed by atoms with E-state index in [4.69, 9.17) is 0 Å². The van der Waals surface area contributed by atoms with E-state index in [1.807, 2.05) is 48.6 Å². The van der Waals surface area contributed by atoms with Gasteiger partial charge in [0.1, 0.15) is 5.21 Å². The van der Waals surface area contributed by atoms with Crippen LogP contribution in [0.1, 0.15) is 0 Å². The Hall–Kier alpha value is -1.75. The molecule has 0 atom stereocenters. The summed E-state index contributed by atoms with van der Waals surface area (Å²) in [5.41, 5.74) is 1.43. The Morgan fingerprint density at radius 2 is 1.63 bits per heavy atom. The van der Waals surface area contributed by atoms with Crippen LogP contribution in [0.15, 0.2) is 24.3 Å². The Kier molecular flexibility index (Phi) is 5.34. The monoisotopic (exact) mass is 437 g/mol. The van der Waals surface area contributed by atoms with Crippen molar-refractivity contribution in [3.05, 3.63) is 29.5 Å². The topological polar surface area (TPSA) is 51.0 Å². The molecule has 0 spiro atoms. The third kappa shape index (κ3) is 7.06. The van der Waals surface area contributed by atoms with Gasteiger partial charge in [-0.25, -0.2) is 0 Å². The van der Waals surface area contributed by atoms with Gasteiger partial charge in [-0.1, -0.05) is 12.1 Å². The van der Waals surface area contributed by atoms with Gasteiger partial charge in [0, 0.05) is 11.5 Å². The van der Waals surface area contributed by atoms with E-state index in [0.29, 0.717) is 10.4 Å². The molecule has 0 unspecified atom stereocenters. The SMILES string of the molecule is C[N+](C)=C(N1CCSCC1)n1n[n+]([O-])c2ccccc21.F[P-](F)(F)(F)(F)F. The van der Waals surface area contributed by atoms with E-state index in [2.05, 4.69) is 10.1 Å². The average Bonchev–Trinajstić information content (AvgIpc) is 2.83. The summed E-state index contributed by atoms with van der Waals surface area (Å²) in [4.78, 5) is 2.98. The van der Waals surface area contributed by atoms with Crippen LogP contribution < -0.4 is 4.85 Å². The fourth-order valence-corrected chi connectivity index (χ4v) is 3.40. The van der Waals surface area contributed by atoms with Crippen molar-refractivity contribution in [2.75, 3.05) is 38.7 Å². The molecule has 0 bridgehead atoms. The van der Waals surface area contributed by atoms with E-state index < -0.39 is 7.81 Å². The molecule has 154 valence electrons. The third-order valence-electron chi connectivity index (χ3n) is 3.37. The van der Waals surface area contributed by atoms with Crippen molar-refractivity contribution < 1.29 is 34.6 Å². The van der Waals surface area contributed by atoms with Crippen LogP contribution >= 0.6 is 19.6 Å². The standard InChI is InChI=1S/C13H18N5OS.F6P/c1-15(2)13(16-7-9-20-10-8-16)17-11-5-3-4-6-12(11)18(19)14-17;1-7(2,3,4,5)6/h3-6H,7-10H2,1-2H3;/q+1;-1. The van der Waals surface area contributed by atoms with E-state index >= 15 is 0 Å². The summed E-state index contributed by atoms with van der Waals surface area (Å²) in [7, 11) is -6.68. The second kappa shape index (κ2) is 6.69. The quantitative estimate of drug-likeness (QED) is 0.158. The Bertz CT molecular complexity index is 848. The van der Waals surface area contributed by atoms with Gasteiger partial charge in [0.25, 0.3) is 0 Å². The number of para-hydroxylation sites is 2. The average molecular weight is 437 g/mol. The number of benzene rings is 1. The summed E-state index contributed by atoms with van der Waals surface area (Å²) in [5.74, 6) is 3.16. The molecule has 0 radical (unpaired) electrons. The Morgan fingerprint density at radius 3 is 2.15 bits per heavy atom. The van der Waals surface area contributed by atoms with Crippen molar-refractivity contribution in [1.82, 2.24) is 14.8 Å². The Balaban J connectivity index is 0.000000321. The Morgan fingerprint density at radius 1 is 1.11 bits per heavy atom. The summed E-state index contributed by atoms with van der Waals surface area (Å²) >= 11 is 1.96. The van der Waals surface area contributed by atoms with Crippen molar-refractivity contribution in [2.24, 2.45) is 0 Å². The van der Waals surface area contributed by atoms with Gasteiger partial charge in [-0.3, -0.25) is 9.48 Å². The zero-order chi connectivity index (χ0) is 20.5. The van der Waals surface area contributed by atoms with Crippen LogP contribution in [0.5, 0.6) is 0 Å². The predicted octanol–water partition coefficient (Wildman–Crippen LogP) is 3.58. The molecule has 0 aliphatic carbocycles. The van der Waals surface area contributed by atoms with E-state index in [-0.39, 0.29) is 0 Å². The molecule has 2 aromatic rings.